The van der Waals surface area contributed by atoms with Crippen LogP contribution in [0.1, 0.15) is 40.4 Å². The van der Waals surface area contributed by atoms with Gasteiger partial charge in [-0.25, -0.2) is 0 Å². The first kappa shape index (κ1) is 18.0. The Morgan fingerprint density at radius 1 is 0.750 bits per heavy atom. The smallest absolute Gasteiger partial charge is 0.252 e. The molecule has 0 heterocycles. The predicted octanol–water partition coefficient (Wildman–Crippen LogP) is 4.55. The molecular formula is C24H22N2O2. The van der Waals surface area contributed by atoms with Gasteiger partial charge in [-0.1, -0.05) is 60.7 Å². The minimum absolute atomic E-state index is 0.0606. The highest BCUT2D eigenvalue weighted by molar-refractivity contribution is 5.97. The molecule has 4 heteroatoms. The number of benzene rings is 3. The minimum Gasteiger partial charge on any atom is -0.341 e. The first-order valence-corrected chi connectivity index (χ1v) is 9.52. The number of nitrogens with one attached hydrogen (secondary N) is 2. The molecule has 2 amide bonds. The summed E-state index contributed by atoms with van der Waals surface area (Å²) in [6, 6.07) is 26.6. The van der Waals surface area contributed by atoms with Crippen molar-refractivity contribution in [3.63, 3.8) is 0 Å². The van der Waals surface area contributed by atoms with Crippen LogP contribution in [0.3, 0.4) is 0 Å². The van der Waals surface area contributed by atoms with Crippen molar-refractivity contribution in [1.29, 1.82) is 0 Å². The van der Waals surface area contributed by atoms with Crippen molar-refractivity contribution in [3.05, 3.63) is 102 Å². The normalized spacial score (nSPS) is 13.2. The Morgan fingerprint density at radius 3 is 1.79 bits per heavy atom. The summed E-state index contributed by atoms with van der Waals surface area (Å²) in [5, 5.41) is 6.02. The van der Waals surface area contributed by atoms with Crippen molar-refractivity contribution in [2.24, 2.45) is 5.92 Å². The molecule has 1 aliphatic rings. The van der Waals surface area contributed by atoms with E-state index < -0.39 is 0 Å². The number of anilines is 1. The van der Waals surface area contributed by atoms with Crippen LogP contribution in [0.15, 0.2) is 84.9 Å². The Bertz CT molecular complexity index is 909. The van der Waals surface area contributed by atoms with E-state index in [9.17, 15) is 9.59 Å². The van der Waals surface area contributed by atoms with Gasteiger partial charge >= 0.3 is 0 Å². The summed E-state index contributed by atoms with van der Waals surface area (Å²) in [6.45, 7) is 0. The zero-order chi connectivity index (χ0) is 19.3. The van der Waals surface area contributed by atoms with Gasteiger partial charge in [0.2, 0.25) is 5.91 Å². The summed E-state index contributed by atoms with van der Waals surface area (Å²) in [5.74, 6) is 0.0590. The van der Waals surface area contributed by atoms with E-state index in [4.69, 9.17) is 0 Å². The molecule has 4 nitrogen and oxygen atoms in total. The molecule has 0 atom stereocenters. The van der Waals surface area contributed by atoms with Gasteiger partial charge in [0, 0.05) is 17.2 Å². The van der Waals surface area contributed by atoms with E-state index in [0.29, 0.717) is 5.56 Å². The van der Waals surface area contributed by atoms with Crippen LogP contribution < -0.4 is 10.6 Å². The fraction of sp³-hybridized carbons (Fsp3) is 0.167. The monoisotopic (exact) mass is 370 g/mol. The van der Waals surface area contributed by atoms with Gasteiger partial charge in [0.15, 0.2) is 0 Å². The molecule has 0 unspecified atom stereocenters. The lowest BCUT2D eigenvalue weighted by molar-refractivity contribution is -0.117. The molecule has 0 bridgehead atoms. The topological polar surface area (TPSA) is 58.2 Å². The largest absolute Gasteiger partial charge is 0.341 e. The lowest BCUT2D eigenvalue weighted by Gasteiger charge is -2.20. The molecule has 0 aromatic heterocycles. The summed E-state index contributed by atoms with van der Waals surface area (Å²) < 4.78 is 0. The third kappa shape index (κ3) is 4.29. The van der Waals surface area contributed by atoms with Gasteiger partial charge in [-0.3, -0.25) is 9.59 Å². The van der Waals surface area contributed by atoms with Crippen molar-refractivity contribution in [2.45, 2.75) is 18.9 Å². The van der Waals surface area contributed by atoms with E-state index in [1.165, 1.54) is 0 Å². The van der Waals surface area contributed by atoms with E-state index in [1.807, 2.05) is 60.7 Å². The molecule has 1 fully saturated rings. The highest BCUT2D eigenvalue weighted by atomic mass is 16.2. The van der Waals surface area contributed by atoms with Crippen molar-refractivity contribution < 1.29 is 9.59 Å². The predicted molar refractivity (Wildman–Crippen MR) is 110 cm³/mol. The standard InChI is InChI=1S/C24H22N2O2/c27-23(19-11-12-19)25-21-15-13-20(14-16-21)24(28)26-22(17-7-3-1-4-8-17)18-9-5-2-6-10-18/h1-10,13-16,19,22H,11-12H2,(H,25,27)(H,26,28). The molecule has 0 radical (unpaired) electrons. The van der Waals surface area contributed by atoms with Gasteiger partial charge in [-0.2, -0.15) is 0 Å². The molecule has 3 aromatic carbocycles. The Hall–Kier alpha value is -3.40. The summed E-state index contributed by atoms with van der Waals surface area (Å²) in [4.78, 5) is 24.7. The van der Waals surface area contributed by atoms with Gasteiger partial charge in [-0.15, -0.1) is 0 Å². The number of amides is 2. The van der Waals surface area contributed by atoms with Crippen LogP contribution >= 0.6 is 0 Å². The van der Waals surface area contributed by atoms with Gasteiger partial charge in [0.25, 0.3) is 5.91 Å². The second kappa shape index (κ2) is 8.09. The maximum atomic E-state index is 12.9. The first-order valence-electron chi connectivity index (χ1n) is 9.52. The van der Waals surface area contributed by atoms with Gasteiger partial charge in [0.1, 0.15) is 0 Å². The number of carbonyl (C=O) groups is 2. The van der Waals surface area contributed by atoms with Crippen LogP contribution in [0, 0.1) is 5.92 Å². The average Bonchev–Trinajstić information content (AvgIpc) is 3.59. The third-order valence-electron chi connectivity index (χ3n) is 4.90. The molecule has 4 rings (SSSR count). The average molecular weight is 370 g/mol. The summed E-state index contributed by atoms with van der Waals surface area (Å²) in [7, 11) is 0. The van der Waals surface area contributed by atoms with E-state index in [-0.39, 0.29) is 23.8 Å². The second-order valence-electron chi connectivity index (χ2n) is 7.07. The van der Waals surface area contributed by atoms with Crippen LogP contribution in [-0.2, 0) is 4.79 Å². The van der Waals surface area contributed by atoms with Crippen LogP contribution in [0.2, 0.25) is 0 Å². The van der Waals surface area contributed by atoms with Crippen LogP contribution in [-0.4, -0.2) is 11.8 Å². The number of hydrogen-bond acceptors (Lipinski definition) is 2. The van der Waals surface area contributed by atoms with Crippen molar-refractivity contribution in [3.8, 4) is 0 Å². The van der Waals surface area contributed by atoms with E-state index >= 15 is 0 Å². The Kier molecular flexibility index (Phi) is 5.20. The second-order valence-corrected chi connectivity index (χ2v) is 7.07. The Labute approximate surface area is 164 Å². The van der Waals surface area contributed by atoms with Gasteiger partial charge in [0.05, 0.1) is 6.04 Å². The lowest BCUT2D eigenvalue weighted by Crippen LogP contribution is -2.29. The van der Waals surface area contributed by atoms with Crippen LogP contribution in [0.5, 0.6) is 0 Å². The number of carbonyl (C=O) groups excluding carboxylic acids is 2. The fourth-order valence-corrected chi connectivity index (χ4v) is 3.16. The lowest BCUT2D eigenvalue weighted by atomic mass is 9.98. The van der Waals surface area contributed by atoms with E-state index in [1.54, 1.807) is 24.3 Å². The quantitative estimate of drug-likeness (QED) is 0.668. The molecule has 1 saturated carbocycles. The van der Waals surface area contributed by atoms with E-state index in [2.05, 4.69) is 10.6 Å². The van der Waals surface area contributed by atoms with E-state index in [0.717, 1.165) is 29.7 Å². The third-order valence-corrected chi connectivity index (χ3v) is 4.90. The van der Waals surface area contributed by atoms with Crippen molar-refractivity contribution >= 4 is 17.5 Å². The van der Waals surface area contributed by atoms with Crippen molar-refractivity contribution in [1.82, 2.24) is 5.32 Å². The molecule has 3 aromatic rings. The van der Waals surface area contributed by atoms with Crippen molar-refractivity contribution in [2.75, 3.05) is 5.32 Å². The minimum atomic E-state index is -0.232. The summed E-state index contributed by atoms with van der Waals surface area (Å²) >= 11 is 0. The highest BCUT2D eigenvalue weighted by Gasteiger charge is 2.29. The Balaban J connectivity index is 1.50. The first-order chi connectivity index (χ1) is 13.7. The summed E-state index contributed by atoms with van der Waals surface area (Å²) in [5.41, 5.74) is 3.32. The molecule has 140 valence electrons. The molecule has 0 saturated heterocycles. The molecule has 0 spiro atoms. The molecular weight excluding hydrogens is 348 g/mol. The fourth-order valence-electron chi connectivity index (χ4n) is 3.16. The molecule has 2 N–H and O–H groups in total. The van der Waals surface area contributed by atoms with Crippen LogP contribution in [0.4, 0.5) is 5.69 Å². The molecule has 28 heavy (non-hydrogen) atoms. The van der Waals surface area contributed by atoms with Crippen LogP contribution in [0.25, 0.3) is 0 Å². The zero-order valence-corrected chi connectivity index (χ0v) is 15.5. The molecule has 1 aliphatic carbocycles. The Morgan fingerprint density at radius 2 is 1.29 bits per heavy atom. The SMILES string of the molecule is O=C(NC(c1ccccc1)c1ccccc1)c1ccc(NC(=O)C2CC2)cc1. The number of hydrogen-bond donors (Lipinski definition) is 2. The highest BCUT2D eigenvalue weighted by Crippen LogP contribution is 2.30. The summed E-state index contributed by atoms with van der Waals surface area (Å²) in [6.07, 6.45) is 1.93. The maximum absolute atomic E-state index is 12.9. The maximum Gasteiger partial charge on any atom is 0.252 e. The zero-order valence-electron chi connectivity index (χ0n) is 15.5. The van der Waals surface area contributed by atoms with Gasteiger partial charge < -0.3 is 10.6 Å². The number of rotatable bonds is 6. The molecule has 0 aliphatic heterocycles. The van der Waals surface area contributed by atoms with Gasteiger partial charge in [-0.05, 0) is 48.2 Å².